The number of allylic oxidation sites excluding steroid dienone is 2. The average Bonchev–Trinajstić information content (AvgIpc) is 3.10. The van der Waals surface area contributed by atoms with E-state index in [1.165, 1.54) is 20.4 Å². The van der Waals surface area contributed by atoms with Crippen molar-refractivity contribution in [1.82, 2.24) is 0 Å². The molecule has 2 aromatic rings. The first kappa shape index (κ1) is 15.8. The lowest BCUT2D eigenvalue weighted by molar-refractivity contribution is 0.362. The van der Waals surface area contributed by atoms with Crippen LogP contribution in [0.3, 0.4) is 0 Å². The second-order valence-corrected chi connectivity index (χ2v) is 7.62. The molecule has 24 heavy (non-hydrogen) atoms. The number of ether oxygens (including phenoxy) is 1. The quantitative estimate of drug-likeness (QED) is 0.499. The third-order valence-corrected chi connectivity index (χ3v) is 5.60. The Bertz CT molecular complexity index is 781. The third-order valence-electron chi connectivity index (χ3n) is 4.93. The van der Waals surface area contributed by atoms with Gasteiger partial charge in [0.05, 0.1) is 6.04 Å². The number of anilines is 1. The van der Waals surface area contributed by atoms with Crippen LogP contribution in [-0.2, 0) is 0 Å². The van der Waals surface area contributed by atoms with Gasteiger partial charge in [0.1, 0.15) is 12.4 Å². The summed E-state index contributed by atoms with van der Waals surface area (Å²) in [6.45, 7) is 4.23. The highest BCUT2D eigenvalue weighted by Crippen LogP contribution is 2.50. The van der Waals surface area contributed by atoms with Crippen LogP contribution in [0.25, 0.3) is 0 Å². The predicted octanol–water partition coefficient (Wildman–Crippen LogP) is 5.68. The van der Waals surface area contributed by atoms with Crippen molar-refractivity contribution in [3.63, 3.8) is 0 Å². The second-order valence-electron chi connectivity index (χ2n) is 6.38. The van der Waals surface area contributed by atoms with Crippen molar-refractivity contribution in [2.75, 3.05) is 11.9 Å². The minimum atomic E-state index is 0.339. The molecule has 3 heteroatoms. The summed E-state index contributed by atoms with van der Waals surface area (Å²) >= 11 is 2.40. The van der Waals surface area contributed by atoms with Gasteiger partial charge < -0.3 is 10.1 Å². The van der Waals surface area contributed by atoms with Crippen LogP contribution in [-0.4, -0.2) is 6.61 Å². The summed E-state index contributed by atoms with van der Waals surface area (Å²) in [4.78, 5) is 0. The van der Waals surface area contributed by atoms with E-state index in [1.807, 2.05) is 0 Å². The van der Waals surface area contributed by atoms with Crippen LogP contribution in [0.2, 0.25) is 0 Å². The van der Waals surface area contributed by atoms with Gasteiger partial charge in [0, 0.05) is 15.2 Å². The number of hydrogen-bond acceptors (Lipinski definition) is 2. The van der Waals surface area contributed by atoms with E-state index in [1.54, 1.807) is 6.08 Å². The first-order valence-electron chi connectivity index (χ1n) is 8.32. The van der Waals surface area contributed by atoms with Gasteiger partial charge in [-0.05, 0) is 76.4 Å². The van der Waals surface area contributed by atoms with Gasteiger partial charge in [0.2, 0.25) is 0 Å². The highest BCUT2D eigenvalue weighted by Gasteiger charge is 2.37. The van der Waals surface area contributed by atoms with E-state index < -0.39 is 0 Å². The van der Waals surface area contributed by atoms with Gasteiger partial charge in [-0.1, -0.05) is 36.9 Å². The van der Waals surface area contributed by atoms with E-state index in [0.29, 0.717) is 24.5 Å². The summed E-state index contributed by atoms with van der Waals surface area (Å²) in [5.74, 6) is 1.99. The summed E-state index contributed by atoms with van der Waals surface area (Å²) in [5.41, 5.74) is 4.02. The fourth-order valence-corrected chi connectivity index (χ4v) is 4.34. The Morgan fingerprint density at radius 1 is 1.21 bits per heavy atom. The Balaban J connectivity index is 1.64. The van der Waals surface area contributed by atoms with E-state index in [2.05, 4.69) is 89.1 Å². The molecule has 0 amide bonds. The maximum atomic E-state index is 5.60. The molecule has 0 spiro atoms. The third kappa shape index (κ3) is 2.86. The standard InChI is InChI=1S/C21H20INO/c1-2-12-24-16-9-6-14(7-10-16)21-18-5-3-4-17(18)19-13-15(22)8-11-20(19)23-21/h2-4,6-11,13,17-18,21,23H,1,5,12H2/t17-,18+,21+/m1/s1. The maximum absolute atomic E-state index is 5.60. The van der Waals surface area contributed by atoms with E-state index >= 15 is 0 Å². The number of nitrogens with one attached hydrogen (secondary N) is 1. The molecule has 0 saturated heterocycles. The van der Waals surface area contributed by atoms with Gasteiger partial charge in [-0.25, -0.2) is 0 Å². The van der Waals surface area contributed by atoms with Crippen molar-refractivity contribution in [3.05, 3.63) is 82.0 Å². The second kappa shape index (κ2) is 6.63. The predicted molar refractivity (Wildman–Crippen MR) is 108 cm³/mol. The smallest absolute Gasteiger partial charge is 0.119 e. The summed E-state index contributed by atoms with van der Waals surface area (Å²) in [5, 5.41) is 3.77. The van der Waals surface area contributed by atoms with E-state index in [0.717, 1.165) is 12.2 Å². The van der Waals surface area contributed by atoms with Crippen LogP contribution in [0.4, 0.5) is 5.69 Å². The fourth-order valence-electron chi connectivity index (χ4n) is 3.82. The molecule has 0 aromatic heterocycles. The number of hydrogen-bond donors (Lipinski definition) is 1. The van der Waals surface area contributed by atoms with Crippen molar-refractivity contribution in [3.8, 4) is 5.75 Å². The molecule has 0 bridgehead atoms. The van der Waals surface area contributed by atoms with Crippen molar-refractivity contribution in [2.24, 2.45) is 5.92 Å². The lowest BCUT2D eigenvalue weighted by Gasteiger charge is -2.37. The molecular formula is C21H20INO. The summed E-state index contributed by atoms with van der Waals surface area (Å²) < 4.78 is 6.90. The summed E-state index contributed by atoms with van der Waals surface area (Å²) in [6.07, 6.45) is 7.61. The van der Waals surface area contributed by atoms with Gasteiger partial charge in [-0.2, -0.15) is 0 Å². The zero-order valence-corrected chi connectivity index (χ0v) is 15.6. The van der Waals surface area contributed by atoms with Crippen molar-refractivity contribution in [2.45, 2.75) is 18.4 Å². The van der Waals surface area contributed by atoms with E-state index in [9.17, 15) is 0 Å². The molecular weight excluding hydrogens is 409 g/mol. The Morgan fingerprint density at radius 2 is 2.04 bits per heavy atom. The Kier molecular flexibility index (Phi) is 4.35. The summed E-state index contributed by atoms with van der Waals surface area (Å²) in [6, 6.07) is 15.5. The molecule has 2 aliphatic rings. The molecule has 4 rings (SSSR count). The SMILES string of the molecule is C=CCOc1ccc([C@@H]2Nc3ccc(I)cc3[C@@H]3C=CC[C@@H]32)cc1. The van der Waals surface area contributed by atoms with Crippen molar-refractivity contribution in [1.29, 1.82) is 0 Å². The minimum Gasteiger partial charge on any atom is -0.490 e. The molecule has 0 fully saturated rings. The zero-order valence-electron chi connectivity index (χ0n) is 13.4. The van der Waals surface area contributed by atoms with Gasteiger partial charge in [-0.3, -0.25) is 0 Å². The fraction of sp³-hybridized carbons (Fsp3) is 0.238. The van der Waals surface area contributed by atoms with E-state index in [4.69, 9.17) is 4.74 Å². The van der Waals surface area contributed by atoms with Gasteiger partial charge in [0.25, 0.3) is 0 Å². The van der Waals surface area contributed by atoms with Gasteiger partial charge in [0.15, 0.2) is 0 Å². The van der Waals surface area contributed by atoms with Gasteiger partial charge >= 0.3 is 0 Å². The highest BCUT2D eigenvalue weighted by atomic mass is 127. The average molecular weight is 429 g/mol. The van der Waals surface area contributed by atoms with Crippen LogP contribution < -0.4 is 10.1 Å². The topological polar surface area (TPSA) is 21.3 Å². The molecule has 1 aliphatic heterocycles. The van der Waals surface area contributed by atoms with E-state index in [-0.39, 0.29) is 0 Å². The first-order chi connectivity index (χ1) is 11.8. The Hall–Kier alpha value is -1.75. The number of halogens is 1. The van der Waals surface area contributed by atoms with Crippen LogP contribution >= 0.6 is 22.6 Å². The molecule has 0 saturated carbocycles. The first-order valence-corrected chi connectivity index (χ1v) is 9.40. The van der Waals surface area contributed by atoms with Crippen molar-refractivity contribution < 1.29 is 4.74 Å². The molecule has 2 nitrogen and oxygen atoms in total. The molecule has 0 unspecified atom stereocenters. The number of rotatable bonds is 4. The Morgan fingerprint density at radius 3 is 2.83 bits per heavy atom. The molecule has 1 N–H and O–H groups in total. The number of benzene rings is 2. The molecule has 1 heterocycles. The van der Waals surface area contributed by atoms with Crippen LogP contribution in [0.1, 0.15) is 29.5 Å². The van der Waals surface area contributed by atoms with Crippen LogP contribution in [0, 0.1) is 9.49 Å². The lowest BCUT2D eigenvalue weighted by Crippen LogP contribution is -2.29. The lowest BCUT2D eigenvalue weighted by atomic mass is 9.77. The molecule has 2 aromatic carbocycles. The molecule has 122 valence electrons. The van der Waals surface area contributed by atoms with Gasteiger partial charge in [-0.15, -0.1) is 0 Å². The largest absolute Gasteiger partial charge is 0.490 e. The normalized spacial score (nSPS) is 24.0. The monoisotopic (exact) mass is 429 g/mol. The van der Waals surface area contributed by atoms with Crippen LogP contribution in [0.5, 0.6) is 5.75 Å². The Labute approximate surface area is 156 Å². The minimum absolute atomic E-state index is 0.339. The molecule has 0 radical (unpaired) electrons. The zero-order chi connectivity index (χ0) is 16.5. The molecule has 1 aliphatic carbocycles. The molecule has 3 atom stereocenters. The summed E-state index contributed by atoms with van der Waals surface area (Å²) in [7, 11) is 0. The number of fused-ring (bicyclic) bond motifs is 3. The maximum Gasteiger partial charge on any atom is 0.119 e. The van der Waals surface area contributed by atoms with Crippen molar-refractivity contribution >= 4 is 28.3 Å². The van der Waals surface area contributed by atoms with Crippen LogP contribution in [0.15, 0.2) is 67.3 Å². The highest BCUT2D eigenvalue weighted by molar-refractivity contribution is 14.1.